The summed E-state index contributed by atoms with van der Waals surface area (Å²) in [4.78, 5) is 34.8. The molecule has 3 aliphatic rings. The van der Waals surface area contributed by atoms with Crippen molar-refractivity contribution in [3.05, 3.63) is 21.9 Å². The number of piperazine rings is 1. The van der Waals surface area contributed by atoms with Crippen molar-refractivity contribution in [2.45, 2.75) is 32.2 Å². The Balaban J connectivity index is 1.23. The van der Waals surface area contributed by atoms with Crippen LogP contribution in [0.3, 0.4) is 0 Å². The van der Waals surface area contributed by atoms with E-state index in [1.165, 1.54) is 16.9 Å². The van der Waals surface area contributed by atoms with Crippen LogP contribution >= 0.6 is 11.3 Å². The minimum Gasteiger partial charge on any atom is -0.337 e. The molecule has 2 saturated heterocycles. The zero-order chi connectivity index (χ0) is 17.9. The highest BCUT2D eigenvalue weighted by molar-refractivity contribution is 7.10. The van der Waals surface area contributed by atoms with Crippen LogP contribution in [0, 0.1) is 0 Å². The molecule has 0 unspecified atom stereocenters. The van der Waals surface area contributed by atoms with Gasteiger partial charge in [0.1, 0.15) is 0 Å². The number of urea groups is 1. The fourth-order valence-electron chi connectivity index (χ4n) is 4.14. The molecule has 0 saturated carbocycles. The van der Waals surface area contributed by atoms with Gasteiger partial charge >= 0.3 is 6.03 Å². The van der Waals surface area contributed by atoms with Gasteiger partial charge in [-0.2, -0.15) is 0 Å². The van der Waals surface area contributed by atoms with Crippen LogP contribution < -0.4 is 0 Å². The van der Waals surface area contributed by atoms with Crippen LogP contribution in [0.4, 0.5) is 4.79 Å². The monoisotopic (exact) mass is 376 g/mol. The lowest BCUT2D eigenvalue weighted by molar-refractivity contribution is -0.133. The summed E-state index contributed by atoms with van der Waals surface area (Å²) >= 11 is 1.80. The highest BCUT2D eigenvalue weighted by Gasteiger charge is 2.28. The molecule has 0 N–H and O–H groups in total. The summed E-state index contributed by atoms with van der Waals surface area (Å²) in [6.07, 6.45) is 4.48. The fraction of sp³-hybridized carbons (Fsp3) is 0.684. The van der Waals surface area contributed by atoms with Crippen molar-refractivity contribution in [1.29, 1.82) is 0 Å². The number of piperidine rings is 1. The molecule has 0 bridgehead atoms. The summed E-state index contributed by atoms with van der Waals surface area (Å²) in [5.41, 5.74) is 1.31. The standard InChI is InChI=1S/C19H28N4O2S/c24-18(23-8-4-17-16(14-23)5-13-26-17)15-20-9-11-22(12-10-20)19(25)21-6-2-1-3-7-21/h5,13H,1-4,6-12,14-15H2. The third kappa shape index (κ3) is 3.88. The minimum atomic E-state index is 0.191. The van der Waals surface area contributed by atoms with Gasteiger partial charge < -0.3 is 14.7 Å². The Bertz CT molecular complexity index is 648. The van der Waals surface area contributed by atoms with E-state index in [1.807, 2.05) is 14.7 Å². The van der Waals surface area contributed by atoms with Crippen LogP contribution in [0.15, 0.2) is 11.4 Å². The number of thiophene rings is 1. The maximum absolute atomic E-state index is 12.7. The van der Waals surface area contributed by atoms with Crippen molar-refractivity contribution in [3.8, 4) is 0 Å². The van der Waals surface area contributed by atoms with Crippen LogP contribution in [-0.4, -0.2) is 83.9 Å². The van der Waals surface area contributed by atoms with Gasteiger partial charge in [-0.3, -0.25) is 9.69 Å². The molecule has 3 amide bonds. The van der Waals surface area contributed by atoms with E-state index in [1.54, 1.807) is 11.3 Å². The van der Waals surface area contributed by atoms with Gasteiger partial charge in [-0.1, -0.05) is 0 Å². The van der Waals surface area contributed by atoms with Crippen molar-refractivity contribution in [3.63, 3.8) is 0 Å². The number of hydrogen-bond acceptors (Lipinski definition) is 4. The molecule has 7 heteroatoms. The largest absolute Gasteiger partial charge is 0.337 e. The summed E-state index contributed by atoms with van der Waals surface area (Å²) in [7, 11) is 0. The van der Waals surface area contributed by atoms with Crippen molar-refractivity contribution < 1.29 is 9.59 Å². The summed E-state index contributed by atoms with van der Waals surface area (Å²) < 4.78 is 0. The quantitative estimate of drug-likeness (QED) is 0.792. The van der Waals surface area contributed by atoms with Crippen molar-refractivity contribution in [2.75, 3.05) is 52.4 Å². The van der Waals surface area contributed by atoms with Crippen LogP contribution in [0.1, 0.15) is 29.7 Å². The molecule has 26 heavy (non-hydrogen) atoms. The topological polar surface area (TPSA) is 47.1 Å². The number of nitrogens with zero attached hydrogens (tertiary/aromatic N) is 4. The molecule has 4 rings (SSSR count). The Hall–Kier alpha value is -1.60. The number of hydrogen-bond donors (Lipinski definition) is 0. The molecule has 3 aliphatic heterocycles. The van der Waals surface area contributed by atoms with Gasteiger partial charge in [-0.05, 0) is 42.7 Å². The summed E-state index contributed by atoms with van der Waals surface area (Å²) in [6, 6.07) is 2.33. The smallest absolute Gasteiger partial charge is 0.320 e. The maximum Gasteiger partial charge on any atom is 0.320 e. The molecule has 1 aromatic heterocycles. The molecule has 4 heterocycles. The van der Waals surface area contributed by atoms with E-state index in [2.05, 4.69) is 16.3 Å². The van der Waals surface area contributed by atoms with E-state index in [4.69, 9.17) is 0 Å². The van der Waals surface area contributed by atoms with E-state index in [0.717, 1.165) is 71.6 Å². The Morgan fingerprint density at radius 3 is 2.38 bits per heavy atom. The molecular formula is C19H28N4O2S. The predicted molar refractivity (Wildman–Crippen MR) is 102 cm³/mol. The minimum absolute atomic E-state index is 0.191. The van der Waals surface area contributed by atoms with Gasteiger partial charge in [-0.15, -0.1) is 11.3 Å². The third-order valence-electron chi connectivity index (χ3n) is 5.79. The number of carbonyl (C=O) groups is 2. The van der Waals surface area contributed by atoms with Gasteiger partial charge in [-0.25, -0.2) is 4.79 Å². The normalized spacial score (nSPS) is 21.6. The lowest BCUT2D eigenvalue weighted by Crippen LogP contribution is -2.55. The lowest BCUT2D eigenvalue weighted by Gasteiger charge is -2.39. The third-order valence-corrected chi connectivity index (χ3v) is 6.81. The van der Waals surface area contributed by atoms with Gasteiger partial charge in [0, 0.05) is 57.2 Å². The first-order valence-electron chi connectivity index (χ1n) is 9.80. The van der Waals surface area contributed by atoms with Crippen molar-refractivity contribution in [2.24, 2.45) is 0 Å². The number of rotatable bonds is 2. The molecule has 2 fully saturated rings. The Morgan fingerprint density at radius 2 is 1.62 bits per heavy atom. The van der Waals surface area contributed by atoms with E-state index >= 15 is 0 Å². The summed E-state index contributed by atoms with van der Waals surface area (Å²) in [5.74, 6) is 0.220. The number of carbonyl (C=O) groups excluding carboxylic acids is 2. The molecule has 142 valence electrons. The van der Waals surface area contributed by atoms with E-state index in [0.29, 0.717) is 6.54 Å². The zero-order valence-electron chi connectivity index (χ0n) is 15.4. The molecule has 0 aromatic carbocycles. The van der Waals surface area contributed by atoms with E-state index < -0.39 is 0 Å². The van der Waals surface area contributed by atoms with Crippen molar-refractivity contribution in [1.82, 2.24) is 19.6 Å². The summed E-state index contributed by atoms with van der Waals surface area (Å²) in [5, 5.41) is 2.12. The number of fused-ring (bicyclic) bond motifs is 1. The second-order valence-electron chi connectivity index (χ2n) is 7.53. The van der Waals surface area contributed by atoms with Gasteiger partial charge in [0.15, 0.2) is 0 Å². The molecule has 1 aromatic rings. The Labute approximate surface area is 159 Å². The second-order valence-corrected chi connectivity index (χ2v) is 8.53. The van der Waals surface area contributed by atoms with Gasteiger partial charge in [0.25, 0.3) is 0 Å². The molecule has 0 atom stereocenters. The van der Waals surface area contributed by atoms with Crippen LogP contribution in [-0.2, 0) is 17.8 Å². The van der Waals surface area contributed by atoms with Crippen LogP contribution in [0.5, 0.6) is 0 Å². The molecule has 6 nitrogen and oxygen atoms in total. The molecule has 0 spiro atoms. The molecular weight excluding hydrogens is 348 g/mol. The highest BCUT2D eigenvalue weighted by Crippen LogP contribution is 2.24. The van der Waals surface area contributed by atoms with Gasteiger partial charge in [0.05, 0.1) is 6.54 Å². The molecule has 0 aliphatic carbocycles. The first-order valence-corrected chi connectivity index (χ1v) is 10.7. The Kier molecular flexibility index (Phi) is 5.45. The summed E-state index contributed by atoms with van der Waals surface area (Å²) in [6.45, 7) is 6.92. The second kappa shape index (κ2) is 7.96. The Morgan fingerprint density at radius 1 is 0.885 bits per heavy atom. The van der Waals surface area contributed by atoms with Crippen LogP contribution in [0.2, 0.25) is 0 Å². The zero-order valence-corrected chi connectivity index (χ0v) is 16.2. The highest BCUT2D eigenvalue weighted by atomic mass is 32.1. The number of likely N-dealkylation sites (tertiary alicyclic amines) is 1. The SMILES string of the molecule is O=C(CN1CCN(C(=O)N2CCCCC2)CC1)N1CCc2sccc2C1. The van der Waals surface area contributed by atoms with E-state index in [-0.39, 0.29) is 11.9 Å². The predicted octanol–water partition coefficient (Wildman–Crippen LogP) is 1.86. The first-order chi connectivity index (χ1) is 12.7. The molecule has 0 radical (unpaired) electrons. The van der Waals surface area contributed by atoms with Crippen LogP contribution in [0.25, 0.3) is 0 Å². The fourth-order valence-corrected chi connectivity index (χ4v) is 5.02. The number of amides is 3. The average molecular weight is 377 g/mol. The van der Waals surface area contributed by atoms with Gasteiger partial charge in [0.2, 0.25) is 5.91 Å². The maximum atomic E-state index is 12.7. The lowest BCUT2D eigenvalue weighted by atomic mass is 10.1. The van der Waals surface area contributed by atoms with E-state index in [9.17, 15) is 9.59 Å². The first kappa shape index (κ1) is 17.8. The van der Waals surface area contributed by atoms with Crippen molar-refractivity contribution >= 4 is 23.3 Å². The average Bonchev–Trinajstić information content (AvgIpc) is 3.16.